The van der Waals surface area contributed by atoms with Crippen LogP contribution in [0.25, 0.3) is 0 Å². The van der Waals surface area contributed by atoms with Gasteiger partial charge in [0, 0.05) is 19.1 Å². The third-order valence-electron chi connectivity index (χ3n) is 3.09. The van der Waals surface area contributed by atoms with Crippen molar-refractivity contribution >= 4 is 22.9 Å². The molecular formula is C11H18ClN3S. The molecule has 2 heterocycles. The SMILES string of the molecule is CCN1CCCC1CNCc1ncc(Cl)s1. The average molecular weight is 260 g/mol. The Hall–Kier alpha value is -0.160. The molecule has 1 aliphatic heterocycles. The Morgan fingerprint density at radius 2 is 2.56 bits per heavy atom. The Bertz CT molecular complexity index is 329. The predicted octanol–water partition coefficient (Wildman–Crippen LogP) is 2.37. The zero-order chi connectivity index (χ0) is 11.4. The van der Waals surface area contributed by atoms with Crippen molar-refractivity contribution in [1.82, 2.24) is 15.2 Å². The lowest BCUT2D eigenvalue weighted by Crippen LogP contribution is -2.37. The number of halogens is 1. The van der Waals surface area contributed by atoms with Gasteiger partial charge in [0.2, 0.25) is 0 Å². The van der Waals surface area contributed by atoms with Crippen LogP contribution in [0.15, 0.2) is 6.20 Å². The molecule has 90 valence electrons. The van der Waals surface area contributed by atoms with E-state index in [2.05, 4.69) is 22.1 Å². The summed E-state index contributed by atoms with van der Waals surface area (Å²) >= 11 is 7.39. The highest BCUT2D eigenvalue weighted by molar-refractivity contribution is 7.15. The van der Waals surface area contributed by atoms with E-state index in [4.69, 9.17) is 11.6 Å². The summed E-state index contributed by atoms with van der Waals surface area (Å²) in [5.74, 6) is 0. The van der Waals surface area contributed by atoms with E-state index in [0.717, 1.165) is 29.0 Å². The molecule has 1 aromatic rings. The summed E-state index contributed by atoms with van der Waals surface area (Å²) in [7, 11) is 0. The fourth-order valence-corrected chi connectivity index (χ4v) is 3.18. The van der Waals surface area contributed by atoms with E-state index in [1.165, 1.54) is 19.4 Å². The first-order valence-corrected chi connectivity index (χ1v) is 7.04. The van der Waals surface area contributed by atoms with Crippen molar-refractivity contribution in [3.05, 3.63) is 15.5 Å². The third kappa shape index (κ3) is 3.17. The first-order chi connectivity index (χ1) is 7.79. The molecule has 0 aromatic carbocycles. The van der Waals surface area contributed by atoms with Crippen molar-refractivity contribution in [3.63, 3.8) is 0 Å². The van der Waals surface area contributed by atoms with Gasteiger partial charge in [-0.3, -0.25) is 4.90 Å². The lowest BCUT2D eigenvalue weighted by molar-refractivity contribution is 0.260. The van der Waals surface area contributed by atoms with E-state index in [-0.39, 0.29) is 0 Å². The summed E-state index contributed by atoms with van der Waals surface area (Å²) in [6, 6.07) is 0.709. The molecule has 1 atom stereocenters. The molecule has 1 aromatic heterocycles. The van der Waals surface area contributed by atoms with Crippen molar-refractivity contribution in [1.29, 1.82) is 0 Å². The minimum absolute atomic E-state index is 0.709. The molecule has 16 heavy (non-hydrogen) atoms. The van der Waals surface area contributed by atoms with Gasteiger partial charge < -0.3 is 5.32 Å². The summed E-state index contributed by atoms with van der Waals surface area (Å²) in [6.45, 7) is 6.55. The van der Waals surface area contributed by atoms with Gasteiger partial charge in [0.25, 0.3) is 0 Å². The lowest BCUT2D eigenvalue weighted by Gasteiger charge is -2.22. The topological polar surface area (TPSA) is 28.2 Å². The molecule has 2 rings (SSSR count). The lowest BCUT2D eigenvalue weighted by atomic mass is 10.2. The Kier molecular flexibility index (Phi) is 4.58. The molecule has 0 amide bonds. The number of likely N-dealkylation sites (N-methyl/N-ethyl adjacent to an activating group) is 1. The summed E-state index contributed by atoms with van der Waals surface area (Å²) in [4.78, 5) is 6.77. The maximum Gasteiger partial charge on any atom is 0.113 e. The molecule has 0 spiro atoms. The Balaban J connectivity index is 1.71. The van der Waals surface area contributed by atoms with Crippen LogP contribution >= 0.6 is 22.9 Å². The van der Waals surface area contributed by atoms with Crippen molar-refractivity contribution < 1.29 is 0 Å². The Morgan fingerprint density at radius 1 is 1.69 bits per heavy atom. The average Bonchev–Trinajstić information content (AvgIpc) is 2.87. The van der Waals surface area contributed by atoms with Gasteiger partial charge in [0.05, 0.1) is 6.20 Å². The van der Waals surface area contributed by atoms with Crippen LogP contribution < -0.4 is 5.32 Å². The summed E-state index contributed by atoms with van der Waals surface area (Å²) in [5.41, 5.74) is 0. The maximum absolute atomic E-state index is 5.83. The van der Waals surface area contributed by atoms with Crippen LogP contribution in [0, 0.1) is 0 Å². The quantitative estimate of drug-likeness (QED) is 0.880. The van der Waals surface area contributed by atoms with Crippen LogP contribution in [-0.4, -0.2) is 35.6 Å². The van der Waals surface area contributed by atoms with Gasteiger partial charge >= 0.3 is 0 Å². The highest BCUT2D eigenvalue weighted by Gasteiger charge is 2.22. The molecular weight excluding hydrogens is 242 g/mol. The normalized spacial score (nSPS) is 21.8. The maximum atomic E-state index is 5.83. The number of nitrogens with zero attached hydrogens (tertiary/aromatic N) is 2. The summed E-state index contributed by atoms with van der Waals surface area (Å²) in [6.07, 6.45) is 4.37. The van der Waals surface area contributed by atoms with E-state index >= 15 is 0 Å². The van der Waals surface area contributed by atoms with Gasteiger partial charge in [-0.05, 0) is 25.9 Å². The number of hydrogen-bond donors (Lipinski definition) is 1. The first kappa shape index (κ1) is 12.3. The number of rotatable bonds is 5. The van der Waals surface area contributed by atoms with E-state index in [0.29, 0.717) is 6.04 Å². The minimum atomic E-state index is 0.709. The zero-order valence-electron chi connectivity index (χ0n) is 9.58. The molecule has 1 aliphatic rings. The summed E-state index contributed by atoms with van der Waals surface area (Å²) in [5, 5.41) is 4.54. The second-order valence-corrected chi connectivity index (χ2v) is 5.86. The van der Waals surface area contributed by atoms with Crippen LogP contribution in [0.4, 0.5) is 0 Å². The summed E-state index contributed by atoms with van der Waals surface area (Å²) < 4.78 is 0.771. The standard InChI is InChI=1S/C11H18ClN3S/c1-2-15-5-3-4-9(15)6-13-8-11-14-7-10(12)16-11/h7,9,13H,2-6,8H2,1H3. The highest BCUT2D eigenvalue weighted by Crippen LogP contribution is 2.18. The van der Waals surface area contributed by atoms with Crippen molar-refractivity contribution in [2.24, 2.45) is 0 Å². The molecule has 0 saturated carbocycles. The monoisotopic (exact) mass is 259 g/mol. The Labute approximate surface area is 106 Å². The number of aromatic nitrogens is 1. The van der Waals surface area contributed by atoms with Crippen LogP contribution in [0.3, 0.4) is 0 Å². The van der Waals surface area contributed by atoms with Gasteiger partial charge in [-0.1, -0.05) is 18.5 Å². The molecule has 1 fully saturated rings. The Morgan fingerprint density at radius 3 is 3.25 bits per heavy atom. The van der Waals surface area contributed by atoms with Gasteiger partial charge in [-0.25, -0.2) is 4.98 Å². The van der Waals surface area contributed by atoms with E-state index in [9.17, 15) is 0 Å². The van der Waals surface area contributed by atoms with Gasteiger partial charge in [0.15, 0.2) is 0 Å². The smallest absolute Gasteiger partial charge is 0.113 e. The van der Waals surface area contributed by atoms with Crippen LogP contribution in [0.5, 0.6) is 0 Å². The van der Waals surface area contributed by atoms with Crippen LogP contribution in [0.1, 0.15) is 24.8 Å². The zero-order valence-corrected chi connectivity index (χ0v) is 11.2. The van der Waals surface area contributed by atoms with Crippen LogP contribution in [0.2, 0.25) is 4.34 Å². The fourth-order valence-electron chi connectivity index (χ4n) is 2.26. The van der Waals surface area contributed by atoms with Gasteiger partial charge in [-0.15, -0.1) is 11.3 Å². The largest absolute Gasteiger partial charge is 0.309 e. The molecule has 1 N–H and O–H groups in total. The number of likely N-dealkylation sites (tertiary alicyclic amines) is 1. The third-order valence-corrected chi connectivity index (χ3v) is 4.20. The number of thiazole rings is 1. The van der Waals surface area contributed by atoms with E-state index in [1.807, 2.05) is 0 Å². The second-order valence-electron chi connectivity index (χ2n) is 4.11. The number of nitrogens with one attached hydrogen (secondary N) is 1. The fraction of sp³-hybridized carbons (Fsp3) is 0.727. The van der Waals surface area contributed by atoms with Gasteiger partial charge in [-0.2, -0.15) is 0 Å². The van der Waals surface area contributed by atoms with Crippen molar-refractivity contribution in [2.75, 3.05) is 19.6 Å². The molecule has 0 radical (unpaired) electrons. The van der Waals surface area contributed by atoms with Crippen LogP contribution in [-0.2, 0) is 6.54 Å². The molecule has 1 saturated heterocycles. The first-order valence-electron chi connectivity index (χ1n) is 5.84. The molecule has 1 unspecified atom stereocenters. The molecule has 0 bridgehead atoms. The predicted molar refractivity (Wildman–Crippen MR) is 69.1 cm³/mol. The second kappa shape index (κ2) is 5.96. The molecule has 3 nitrogen and oxygen atoms in total. The van der Waals surface area contributed by atoms with Crippen molar-refractivity contribution in [2.45, 2.75) is 32.4 Å². The highest BCUT2D eigenvalue weighted by atomic mass is 35.5. The minimum Gasteiger partial charge on any atom is -0.309 e. The molecule has 0 aliphatic carbocycles. The van der Waals surface area contributed by atoms with Crippen molar-refractivity contribution in [3.8, 4) is 0 Å². The van der Waals surface area contributed by atoms with E-state index < -0.39 is 0 Å². The molecule has 5 heteroatoms. The van der Waals surface area contributed by atoms with E-state index in [1.54, 1.807) is 17.5 Å². The van der Waals surface area contributed by atoms with Gasteiger partial charge in [0.1, 0.15) is 9.34 Å². The number of hydrogen-bond acceptors (Lipinski definition) is 4.